The van der Waals surface area contributed by atoms with Crippen molar-refractivity contribution in [2.24, 2.45) is 5.92 Å². The minimum absolute atomic E-state index is 0.288. The Bertz CT molecular complexity index is 269. The van der Waals surface area contributed by atoms with Crippen LogP contribution in [0, 0.1) is 5.92 Å². The van der Waals surface area contributed by atoms with Gasteiger partial charge in [0.1, 0.15) is 6.04 Å². The van der Waals surface area contributed by atoms with Crippen molar-refractivity contribution in [1.82, 2.24) is 4.90 Å². The molecule has 0 aromatic rings. The molecule has 1 saturated heterocycles. The van der Waals surface area contributed by atoms with Crippen LogP contribution in [0.4, 0.5) is 0 Å². The van der Waals surface area contributed by atoms with Gasteiger partial charge in [0, 0.05) is 19.7 Å². The molecule has 3 unspecified atom stereocenters. The molecule has 2 rings (SSSR count). The van der Waals surface area contributed by atoms with Crippen LogP contribution in [0.5, 0.6) is 0 Å². The van der Waals surface area contributed by atoms with Gasteiger partial charge >= 0.3 is 5.97 Å². The van der Waals surface area contributed by atoms with Crippen molar-refractivity contribution in [2.75, 3.05) is 20.3 Å². The highest BCUT2D eigenvalue weighted by Crippen LogP contribution is 2.37. The number of carboxylic acid groups (broad SMARTS) is 1. The second-order valence-corrected chi connectivity index (χ2v) is 5.27. The van der Waals surface area contributed by atoms with E-state index in [0.29, 0.717) is 12.6 Å². The number of fused-ring (bicyclic) bond motifs is 1. The number of nitrogens with zero attached hydrogens (tertiary/aromatic N) is 1. The molecule has 0 aromatic carbocycles. The number of piperidine rings is 1. The van der Waals surface area contributed by atoms with E-state index in [9.17, 15) is 9.90 Å². The fourth-order valence-electron chi connectivity index (χ4n) is 3.51. The zero-order valence-electron chi connectivity index (χ0n) is 10.6. The lowest BCUT2D eigenvalue weighted by Crippen LogP contribution is -2.55. The largest absolute Gasteiger partial charge is 0.480 e. The maximum Gasteiger partial charge on any atom is 0.320 e. The molecule has 4 heteroatoms. The van der Waals surface area contributed by atoms with Crippen molar-refractivity contribution >= 4 is 5.97 Å². The lowest BCUT2D eigenvalue weighted by molar-refractivity contribution is -0.148. The first-order valence-electron chi connectivity index (χ1n) is 6.71. The van der Waals surface area contributed by atoms with Crippen LogP contribution in [0.3, 0.4) is 0 Å². The number of carbonyl (C=O) groups is 1. The second-order valence-electron chi connectivity index (χ2n) is 5.27. The minimum atomic E-state index is -0.662. The van der Waals surface area contributed by atoms with Gasteiger partial charge in [-0.05, 0) is 31.6 Å². The summed E-state index contributed by atoms with van der Waals surface area (Å²) in [7, 11) is 1.68. The molecule has 0 radical (unpaired) electrons. The lowest BCUT2D eigenvalue weighted by atomic mass is 9.76. The topological polar surface area (TPSA) is 49.8 Å². The van der Waals surface area contributed by atoms with Crippen molar-refractivity contribution in [2.45, 2.75) is 50.6 Å². The Labute approximate surface area is 103 Å². The fourth-order valence-corrected chi connectivity index (χ4v) is 3.51. The highest BCUT2D eigenvalue weighted by molar-refractivity contribution is 5.73. The molecule has 17 heavy (non-hydrogen) atoms. The van der Waals surface area contributed by atoms with Crippen LogP contribution in [0.25, 0.3) is 0 Å². The number of likely N-dealkylation sites (tertiary alicyclic amines) is 1. The summed E-state index contributed by atoms with van der Waals surface area (Å²) in [6.07, 6.45) is 6.90. The number of aliphatic carboxylic acids is 1. The number of hydrogen-bond acceptors (Lipinski definition) is 3. The van der Waals surface area contributed by atoms with Gasteiger partial charge in [0.25, 0.3) is 0 Å². The SMILES string of the molecule is COCCN1C(C(=O)O)CCC2CCCCC21. The Hall–Kier alpha value is -0.610. The molecule has 0 aromatic heterocycles. The van der Waals surface area contributed by atoms with E-state index in [1.807, 2.05) is 0 Å². The number of ether oxygens (including phenoxy) is 1. The van der Waals surface area contributed by atoms with Gasteiger partial charge in [-0.15, -0.1) is 0 Å². The predicted molar refractivity (Wildman–Crippen MR) is 65.0 cm³/mol. The van der Waals surface area contributed by atoms with E-state index in [1.54, 1.807) is 7.11 Å². The zero-order valence-corrected chi connectivity index (χ0v) is 10.6. The molecule has 3 atom stereocenters. The monoisotopic (exact) mass is 241 g/mol. The summed E-state index contributed by atoms with van der Waals surface area (Å²) in [6, 6.07) is 0.193. The van der Waals surface area contributed by atoms with Crippen LogP contribution in [-0.2, 0) is 9.53 Å². The van der Waals surface area contributed by atoms with Gasteiger partial charge in [-0.1, -0.05) is 12.8 Å². The number of carboxylic acids is 1. The molecule has 2 aliphatic rings. The smallest absolute Gasteiger partial charge is 0.320 e. The number of hydrogen-bond donors (Lipinski definition) is 1. The normalized spacial score (nSPS) is 34.3. The molecule has 2 fully saturated rings. The van der Waals surface area contributed by atoms with Crippen molar-refractivity contribution in [3.8, 4) is 0 Å². The van der Waals surface area contributed by atoms with Crippen LogP contribution >= 0.6 is 0 Å². The average molecular weight is 241 g/mol. The second kappa shape index (κ2) is 5.83. The van der Waals surface area contributed by atoms with Gasteiger partial charge in [-0.2, -0.15) is 0 Å². The van der Waals surface area contributed by atoms with E-state index in [2.05, 4.69) is 4.90 Å². The minimum Gasteiger partial charge on any atom is -0.480 e. The van der Waals surface area contributed by atoms with Crippen LogP contribution < -0.4 is 0 Å². The summed E-state index contributed by atoms with van der Waals surface area (Å²) in [6.45, 7) is 1.39. The van der Waals surface area contributed by atoms with Crippen molar-refractivity contribution in [3.63, 3.8) is 0 Å². The Kier molecular flexibility index (Phi) is 4.40. The molecule has 98 valence electrons. The molecular formula is C13H23NO3. The van der Waals surface area contributed by atoms with Crippen LogP contribution in [0.2, 0.25) is 0 Å². The van der Waals surface area contributed by atoms with Crippen molar-refractivity contribution in [1.29, 1.82) is 0 Å². The van der Waals surface area contributed by atoms with E-state index in [1.165, 1.54) is 19.3 Å². The van der Waals surface area contributed by atoms with Gasteiger partial charge in [0.2, 0.25) is 0 Å². The van der Waals surface area contributed by atoms with Gasteiger partial charge in [-0.3, -0.25) is 9.69 Å². The fraction of sp³-hybridized carbons (Fsp3) is 0.923. The van der Waals surface area contributed by atoms with Crippen LogP contribution in [0.1, 0.15) is 38.5 Å². The molecule has 0 bridgehead atoms. The van der Waals surface area contributed by atoms with E-state index in [-0.39, 0.29) is 6.04 Å². The summed E-state index contributed by atoms with van der Waals surface area (Å²) in [5.74, 6) is 0.0568. The Morgan fingerprint density at radius 2 is 2.06 bits per heavy atom. The van der Waals surface area contributed by atoms with E-state index in [4.69, 9.17) is 4.74 Å². The molecule has 0 amide bonds. The van der Waals surface area contributed by atoms with Gasteiger partial charge in [-0.25, -0.2) is 0 Å². The number of methoxy groups -OCH3 is 1. The molecule has 1 saturated carbocycles. The Morgan fingerprint density at radius 3 is 2.76 bits per heavy atom. The molecule has 1 heterocycles. The van der Waals surface area contributed by atoms with E-state index in [0.717, 1.165) is 31.7 Å². The average Bonchev–Trinajstić information content (AvgIpc) is 2.35. The summed E-state index contributed by atoms with van der Waals surface area (Å²) < 4.78 is 5.12. The summed E-state index contributed by atoms with van der Waals surface area (Å²) >= 11 is 0. The third-order valence-corrected chi connectivity index (χ3v) is 4.34. The zero-order chi connectivity index (χ0) is 12.3. The Morgan fingerprint density at radius 1 is 1.29 bits per heavy atom. The van der Waals surface area contributed by atoms with E-state index < -0.39 is 5.97 Å². The number of rotatable bonds is 4. The van der Waals surface area contributed by atoms with Gasteiger partial charge in [0.05, 0.1) is 6.61 Å². The summed E-state index contributed by atoms with van der Waals surface area (Å²) in [5, 5.41) is 9.32. The van der Waals surface area contributed by atoms with Crippen molar-refractivity contribution in [3.05, 3.63) is 0 Å². The third kappa shape index (κ3) is 2.80. The predicted octanol–water partition coefficient (Wildman–Crippen LogP) is 1.74. The van der Waals surface area contributed by atoms with Crippen LogP contribution in [0.15, 0.2) is 0 Å². The highest BCUT2D eigenvalue weighted by atomic mass is 16.5. The molecule has 0 spiro atoms. The first kappa shape index (κ1) is 12.8. The first-order chi connectivity index (χ1) is 8.24. The van der Waals surface area contributed by atoms with E-state index >= 15 is 0 Å². The third-order valence-electron chi connectivity index (χ3n) is 4.34. The standard InChI is InChI=1S/C13H23NO3/c1-17-9-8-14-11-5-3-2-4-10(11)6-7-12(14)13(15)16/h10-12H,2-9H2,1H3,(H,15,16). The Balaban J connectivity index is 2.07. The molecular weight excluding hydrogens is 218 g/mol. The molecule has 1 aliphatic carbocycles. The molecule has 4 nitrogen and oxygen atoms in total. The quantitative estimate of drug-likeness (QED) is 0.814. The maximum atomic E-state index is 11.3. The van der Waals surface area contributed by atoms with Gasteiger partial charge < -0.3 is 9.84 Å². The van der Waals surface area contributed by atoms with Crippen LogP contribution in [-0.4, -0.2) is 48.3 Å². The van der Waals surface area contributed by atoms with Gasteiger partial charge in [0.15, 0.2) is 0 Å². The maximum absolute atomic E-state index is 11.3. The summed E-state index contributed by atoms with van der Waals surface area (Å²) in [4.78, 5) is 13.5. The summed E-state index contributed by atoms with van der Waals surface area (Å²) in [5.41, 5.74) is 0. The van der Waals surface area contributed by atoms with Crippen molar-refractivity contribution < 1.29 is 14.6 Å². The highest BCUT2D eigenvalue weighted by Gasteiger charge is 2.40. The first-order valence-corrected chi connectivity index (χ1v) is 6.71. The lowest BCUT2D eigenvalue weighted by Gasteiger charge is -2.47. The molecule has 1 N–H and O–H groups in total. The molecule has 1 aliphatic heterocycles.